The van der Waals surface area contributed by atoms with E-state index in [1.807, 2.05) is 24.8 Å². The molecule has 0 radical (unpaired) electrons. The second-order valence-corrected chi connectivity index (χ2v) is 2.71. The molecule has 0 aromatic rings. The van der Waals surface area contributed by atoms with E-state index in [9.17, 15) is 0 Å². The molecule has 1 atom stereocenters. The fourth-order valence-electron chi connectivity index (χ4n) is 0.742. The summed E-state index contributed by atoms with van der Waals surface area (Å²) in [5.74, 6) is 0. The zero-order chi connectivity index (χ0) is 9.56. The Morgan fingerprint density at radius 2 is 2.17 bits per heavy atom. The highest BCUT2D eigenvalue weighted by Crippen LogP contribution is 1.80. The summed E-state index contributed by atoms with van der Waals surface area (Å²) in [7, 11) is 1.99. The molecule has 0 fully saturated rings. The highest BCUT2D eigenvalue weighted by atomic mass is 15.5. The van der Waals surface area contributed by atoms with Gasteiger partial charge in [-0.3, -0.25) is 0 Å². The lowest BCUT2D eigenvalue weighted by Gasteiger charge is -2.06. The number of nitrogens with one attached hydrogen (secondary N) is 1. The van der Waals surface area contributed by atoms with E-state index in [1.165, 1.54) is 0 Å². The summed E-state index contributed by atoms with van der Waals surface area (Å²) in [6, 6.07) is 0. The van der Waals surface area contributed by atoms with Gasteiger partial charge < -0.3 is 0 Å². The molecule has 0 aliphatic carbocycles. The van der Waals surface area contributed by atoms with Crippen LogP contribution in [0.25, 0.3) is 0 Å². The predicted octanol–water partition coefficient (Wildman–Crippen LogP) is 0.469. The summed E-state index contributed by atoms with van der Waals surface area (Å²) >= 11 is 0. The molecule has 0 bridgehead atoms. The van der Waals surface area contributed by atoms with E-state index in [-0.39, 0.29) is 6.17 Å². The summed E-state index contributed by atoms with van der Waals surface area (Å²) in [5, 5.41) is 0. The molecule has 0 spiro atoms. The van der Waals surface area contributed by atoms with Crippen LogP contribution in [0.2, 0.25) is 0 Å². The van der Waals surface area contributed by atoms with Gasteiger partial charge in [0.1, 0.15) is 7.05 Å². The maximum atomic E-state index is 3.79. The van der Waals surface area contributed by atoms with Crippen molar-refractivity contribution in [2.24, 2.45) is 0 Å². The van der Waals surface area contributed by atoms with Crippen molar-refractivity contribution in [1.29, 1.82) is 0 Å². The van der Waals surface area contributed by atoms with Gasteiger partial charge in [-0.1, -0.05) is 6.58 Å². The normalized spacial score (nSPS) is 13.8. The van der Waals surface area contributed by atoms with Gasteiger partial charge in [-0.2, -0.15) is 0 Å². The Hall–Kier alpha value is -1.12. The first-order valence-electron chi connectivity index (χ1n) is 4.13. The second kappa shape index (κ2) is 5.52. The average Bonchev–Trinajstić information content (AvgIpc) is 2.04. The molecule has 1 N–H and O–H groups in total. The molecule has 12 heavy (non-hydrogen) atoms. The van der Waals surface area contributed by atoms with E-state index >= 15 is 0 Å². The molecule has 0 aliphatic heterocycles. The van der Waals surface area contributed by atoms with Gasteiger partial charge in [-0.25, -0.2) is 4.58 Å². The number of hydrazone groups is 1. The van der Waals surface area contributed by atoms with Gasteiger partial charge >= 0.3 is 0 Å². The first kappa shape index (κ1) is 10.9. The Labute approximate surface area is 74.7 Å². The van der Waals surface area contributed by atoms with E-state index in [4.69, 9.17) is 0 Å². The minimum Gasteiger partial charge on any atom is -0.214 e. The van der Waals surface area contributed by atoms with E-state index in [0.717, 1.165) is 6.54 Å². The molecule has 68 valence electrons. The Morgan fingerprint density at radius 3 is 2.58 bits per heavy atom. The first-order chi connectivity index (χ1) is 5.61. The van der Waals surface area contributed by atoms with Crippen molar-refractivity contribution >= 4 is 12.9 Å². The number of rotatable bonds is 5. The van der Waals surface area contributed by atoms with Crippen molar-refractivity contribution < 1.29 is 9.26 Å². The van der Waals surface area contributed by atoms with Crippen LogP contribution >= 0.6 is 0 Å². The lowest BCUT2D eigenvalue weighted by molar-refractivity contribution is -0.655. The number of hydrogen-bond acceptors (Lipinski definition) is 1. The Bertz CT molecular complexity index is 194. The van der Waals surface area contributed by atoms with Gasteiger partial charge in [0.15, 0.2) is 19.5 Å². The quantitative estimate of drug-likeness (QED) is 0.274. The first-order valence-corrected chi connectivity index (χ1v) is 4.13. The van der Waals surface area contributed by atoms with Crippen molar-refractivity contribution in [2.45, 2.75) is 20.0 Å². The van der Waals surface area contributed by atoms with Crippen LogP contribution < -0.4 is 5.43 Å². The number of allylic oxidation sites excluding steroid dienone is 1. The highest BCUT2D eigenvalue weighted by Gasteiger charge is 2.12. The SMILES string of the molecule is C=CC=[N+](C)C(C)N[N+](=C)CC. The van der Waals surface area contributed by atoms with E-state index < -0.39 is 0 Å². The predicted molar refractivity (Wildman–Crippen MR) is 53.0 cm³/mol. The molecule has 0 aliphatic rings. The van der Waals surface area contributed by atoms with Crippen LogP contribution in [0.15, 0.2) is 12.7 Å². The van der Waals surface area contributed by atoms with E-state index in [1.54, 1.807) is 10.8 Å². The molecule has 3 heteroatoms. The van der Waals surface area contributed by atoms with Crippen LogP contribution in [0, 0.1) is 0 Å². The summed E-state index contributed by atoms with van der Waals surface area (Å²) in [6.45, 7) is 12.4. The molecule has 3 nitrogen and oxygen atoms in total. The number of hydrogen-bond donors (Lipinski definition) is 1. The Kier molecular flexibility index (Phi) is 5.00. The minimum atomic E-state index is 0.237. The maximum Gasteiger partial charge on any atom is 0.268 e. The van der Waals surface area contributed by atoms with Gasteiger partial charge in [0.2, 0.25) is 0 Å². The van der Waals surface area contributed by atoms with Crippen LogP contribution in [0.1, 0.15) is 13.8 Å². The van der Waals surface area contributed by atoms with Crippen LogP contribution in [-0.4, -0.2) is 42.0 Å². The molecule has 0 amide bonds. The van der Waals surface area contributed by atoms with Crippen molar-refractivity contribution in [2.75, 3.05) is 13.6 Å². The maximum absolute atomic E-state index is 3.79. The summed E-state index contributed by atoms with van der Waals surface area (Å²) < 4.78 is 3.83. The molecule has 0 rings (SSSR count). The smallest absolute Gasteiger partial charge is 0.214 e. The topological polar surface area (TPSA) is 18.0 Å². The monoisotopic (exact) mass is 169 g/mol. The summed E-state index contributed by atoms with van der Waals surface area (Å²) in [6.07, 6.45) is 3.92. The Morgan fingerprint density at radius 1 is 1.58 bits per heavy atom. The molecule has 0 aromatic carbocycles. The third-order valence-corrected chi connectivity index (χ3v) is 1.70. The molecule has 0 saturated heterocycles. The van der Waals surface area contributed by atoms with Gasteiger partial charge in [-0.15, -0.1) is 10.1 Å². The van der Waals surface area contributed by atoms with Crippen molar-refractivity contribution in [3.8, 4) is 0 Å². The van der Waals surface area contributed by atoms with Crippen molar-refractivity contribution in [3.05, 3.63) is 12.7 Å². The van der Waals surface area contributed by atoms with Gasteiger partial charge in [0.25, 0.3) is 6.17 Å². The van der Waals surface area contributed by atoms with Crippen LogP contribution in [-0.2, 0) is 0 Å². The summed E-state index contributed by atoms with van der Waals surface area (Å²) in [5.41, 5.74) is 3.18. The second-order valence-electron chi connectivity index (χ2n) is 2.71. The standard InChI is InChI=1S/C9H19N3/c1-6-8-11(4)9(3)10-12(5)7-2/h6,8-10H,1,5,7H2,2-4H3/q+2. The third kappa shape index (κ3) is 3.91. The molecule has 0 heterocycles. The Balaban J connectivity index is 4.03. The average molecular weight is 169 g/mol. The molecule has 0 saturated carbocycles. The van der Waals surface area contributed by atoms with Gasteiger partial charge in [-0.05, 0) is 13.0 Å². The third-order valence-electron chi connectivity index (χ3n) is 1.70. The highest BCUT2D eigenvalue weighted by molar-refractivity contribution is 5.64. The fraction of sp³-hybridized carbons (Fsp3) is 0.556. The number of nitrogens with zero attached hydrogens (tertiary/aromatic N) is 2. The fourth-order valence-corrected chi connectivity index (χ4v) is 0.742. The van der Waals surface area contributed by atoms with Crippen LogP contribution in [0.3, 0.4) is 0 Å². The zero-order valence-electron chi connectivity index (χ0n) is 8.25. The van der Waals surface area contributed by atoms with Crippen LogP contribution in [0.5, 0.6) is 0 Å². The minimum absolute atomic E-state index is 0.237. The zero-order valence-corrected chi connectivity index (χ0v) is 8.25. The van der Waals surface area contributed by atoms with E-state index in [0.29, 0.717) is 0 Å². The van der Waals surface area contributed by atoms with Crippen LogP contribution in [0.4, 0.5) is 0 Å². The number of hydrazine groups is 1. The largest absolute Gasteiger partial charge is 0.268 e. The van der Waals surface area contributed by atoms with Crippen molar-refractivity contribution in [1.82, 2.24) is 5.43 Å². The lowest BCUT2D eigenvalue weighted by atomic mass is 10.5. The van der Waals surface area contributed by atoms with Gasteiger partial charge in [0, 0.05) is 6.92 Å². The molecular formula is C9H19N3+2. The van der Waals surface area contributed by atoms with Crippen molar-refractivity contribution in [3.63, 3.8) is 0 Å². The molecule has 0 aromatic heterocycles. The summed E-state index contributed by atoms with van der Waals surface area (Å²) in [4.78, 5) is 0. The van der Waals surface area contributed by atoms with Gasteiger partial charge in [0.05, 0.1) is 0 Å². The lowest BCUT2D eigenvalue weighted by Crippen LogP contribution is -2.42. The molecule has 1 unspecified atom stereocenters. The molecular weight excluding hydrogens is 150 g/mol. The van der Waals surface area contributed by atoms with E-state index in [2.05, 4.69) is 25.6 Å².